The largest absolute Gasteiger partial charge is 0.302 e. The number of hydrogen-bond donors (Lipinski definition) is 1. The van der Waals surface area contributed by atoms with Crippen molar-refractivity contribution in [2.75, 3.05) is 5.75 Å². The van der Waals surface area contributed by atoms with Crippen LogP contribution in [-0.4, -0.2) is 37.3 Å². The number of amides is 2. The third-order valence-electron chi connectivity index (χ3n) is 3.99. The number of non-ortho nitro benzene ring substituents is 1. The number of nitro benzene ring substituents is 1. The maximum atomic E-state index is 12.2. The summed E-state index contributed by atoms with van der Waals surface area (Å²) in [5, 5.41) is 21.7. The summed E-state index contributed by atoms with van der Waals surface area (Å²) in [5.41, 5.74) is 0.896. The van der Waals surface area contributed by atoms with Gasteiger partial charge in [-0.1, -0.05) is 48.2 Å². The predicted molar refractivity (Wildman–Crippen MR) is 107 cm³/mol. The van der Waals surface area contributed by atoms with E-state index in [0.29, 0.717) is 17.5 Å². The topological polar surface area (TPSA) is 120 Å². The number of nitrogens with zero attached hydrogens (tertiary/aromatic N) is 4. The maximum Gasteiger partial charge on any atom is 0.270 e. The molecule has 0 fully saturated rings. The van der Waals surface area contributed by atoms with Crippen LogP contribution < -0.4 is 5.32 Å². The minimum Gasteiger partial charge on any atom is -0.302 e. The molecule has 1 heterocycles. The lowest BCUT2D eigenvalue weighted by atomic mass is 10.2. The molecule has 2 aromatic carbocycles. The quantitative estimate of drug-likeness (QED) is 0.360. The fourth-order valence-corrected chi connectivity index (χ4v) is 3.33. The van der Waals surface area contributed by atoms with Gasteiger partial charge in [0, 0.05) is 17.7 Å². The Morgan fingerprint density at radius 3 is 2.62 bits per heavy atom. The van der Waals surface area contributed by atoms with Crippen LogP contribution in [0.5, 0.6) is 0 Å². The van der Waals surface area contributed by atoms with Gasteiger partial charge in [0.25, 0.3) is 11.6 Å². The molecule has 0 aliphatic heterocycles. The highest BCUT2D eigenvalue weighted by molar-refractivity contribution is 7.99. The normalized spacial score (nSPS) is 10.5. The molecule has 3 aromatic rings. The van der Waals surface area contributed by atoms with E-state index in [9.17, 15) is 19.7 Å². The highest BCUT2D eigenvalue weighted by atomic mass is 32.2. The van der Waals surface area contributed by atoms with Gasteiger partial charge < -0.3 is 4.57 Å². The second kappa shape index (κ2) is 9.11. The third-order valence-corrected chi connectivity index (χ3v) is 4.96. The van der Waals surface area contributed by atoms with Crippen LogP contribution in [0.4, 0.5) is 5.69 Å². The van der Waals surface area contributed by atoms with Crippen molar-refractivity contribution in [3.8, 4) is 0 Å². The number of aromatic nitrogens is 3. The number of thioether (sulfide) groups is 1. The van der Waals surface area contributed by atoms with Gasteiger partial charge in [-0.05, 0) is 18.6 Å². The fraction of sp³-hybridized carbons (Fsp3) is 0.158. The van der Waals surface area contributed by atoms with Crippen molar-refractivity contribution in [1.82, 2.24) is 20.1 Å². The van der Waals surface area contributed by atoms with Crippen LogP contribution in [-0.2, 0) is 11.3 Å². The first kappa shape index (κ1) is 20.2. The summed E-state index contributed by atoms with van der Waals surface area (Å²) >= 11 is 1.16. The first-order chi connectivity index (χ1) is 13.9. The van der Waals surface area contributed by atoms with Crippen molar-refractivity contribution < 1.29 is 14.5 Å². The van der Waals surface area contributed by atoms with E-state index in [1.807, 2.05) is 41.8 Å². The van der Waals surface area contributed by atoms with E-state index in [4.69, 9.17) is 0 Å². The fourth-order valence-electron chi connectivity index (χ4n) is 2.54. The van der Waals surface area contributed by atoms with E-state index in [2.05, 4.69) is 15.5 Å². The Hall–Kier alpha value is -3.53. The van der Waals surface area contributed by atoms with Gasteiger partial charge in [0.15, 0.2) is 5.16 Å². The SMILES string of the molecule is Cc1nnc(SCC(=O)NC(=O)c2cccc([N+](=O)[O-])c2)n1Cc1ccccc1. The van der Waals surface area contributed by atoms with Crippen molar-refractivity contribution in [2.45, 2.75) is 18.6 Å². The molecule has 0 saturated carbocycles. The van der Waals surface area contributed by atoms with Crippen LogP contribution in [0.3, 0.4) is 0 Å². The second-order valence-electron chi connectivity index (χ2n) is 6.07. The van der Waals surface area contributed by atoms with Gasteiger partial charge in [0.05, 0.1) is 17.2 Å². The van der Waals surface area contributed by atoms with E-state index in [1.165, 1.54) is 18.2 Å². The Morgan fingerprint density at radius 1 is 1.14 bits per heavy atom. The molecule has 0 saturated heterocycles. The molecule has 0 unspecified atom stereocenters. The third kappa shape index (κ3) is 5.26. The van der Waals surface area contributed by atoms with Gasteiger partial charge in [-0.15, -0.1) is 10.2 Å². The smallest absolute Gasteiger partial charge is 0.270 e. The maximum absolute atomic E-state index is 12.2. The second-order valence-corrected chi connectivity index (χ2v) is 7.02. The van der Waals surface area contributed by atoms with Gasteiger partial charge in [-0.3, -0.25) is 25.0 Å². The summed E-state index contributed by atoms with van der Waals surface area (Å²) < 4.78 is 1.88. The molecule has 0 atom stereocenters. The number of nitro groups is 1. The average molecular weight is 411 g/mol. The number of carbonyl (C=O) groups excluding carboxylic acids is 2. The predicted octanol–water partition coefficient (Wildman–Crippen LogP) is 2.59. The minimum absolute atomic E-state index is 0.0423. The Balaban J connectivity index is 1.61. The first-order valence-corrected chi connectivity index (χ1v) is 9.58. The van der Waals surface area contributed by atoms with Crippen LogP contribution in [0, 0.1) is 17.0 Å². The monoisotopic (exact) mass is 411 g/mol. The van der Waals surface area contributed by atoms with Crippen molar-refractivity contribution in [2.24, 2.45) is 0 Å². The van der Waals surface area contributed by atoms with Crippen LogP contribution in [0.15, 0.2) is 59.8 Å². The number of aryl methyl sites for hydroxylation is 1. The first-order valence-electron chi connectivity index (χ1n) is 8.59. The number of nitrogens with one attached hydrogen (secondary N) is 1. The average Bonchev–Trinajstić information content (AvgIpc) is 3.06. The Morgan fingerprint density at radius 2 is 1.90 bits per heavy atom. The van der Waals surface area contributed by atoms with Crippen LogP contribution in [0.1, 0.15) is 21.7 Å². The van der Waals surface area contributed by atoms with Gasteiger partial charge in [0.2, 0.25) is 5.91 Å². The van der Waals surface area contributed by atoms with Crippen LogP contribution in [0.2, 0.25) is 0 Å². The molecule has 0 bridgehead atoms. The summed E-state index contributed by atoms with van der Waals surface area (Å²) in [6.07, 6.45) is 0. The van der Waals surface area contributed by atoms with Crippen LogP contribution in [0.25, 0.3) is 0 Å². The van der Waals surface area contributed by atoms with Crippen LogP contribution >= 0.6 is 11.8 Å². The minimum atomic E-state index is -0.693. The summed E-state index contributed by atoms with van der Waals surface area (Å²) in [7, 11) is 0. The molecule has 29 heavy (non-hydrogen) atoms. The van der Waals surface area contributed by atoms with E-state index >= 15 is 0 Å². The zero-order chi connectivity index (χ0) is 20.8. The lowest BCUT2D eigenvalue weighted by Crippen LogP contribution is -2.31. The zero-order valence-corrected chi connectivity index (χ0v) is 16.3. The summed E-state index contributed by atoms with van der Waals surface area (Å²) in [4.78, 5) is 34.5. The Bertz CT molecular complexity index is 1050. The molecule has 3 rings (SSSR count). The van der Waals surface area contributed by atoms with Crippen molar-refractivity contribution >= 4 is 29.3 Å². The standard InChI is InChI=1S/C19H17N5O4S/c1-13-21-22-19(23(13)11-14-6-3-2-4-7-14)29-12-17(25)20-18(26)15-8-5-9-16(10-15)24(27)28/h2-10H,11-12H2,1H3,(H,20,25,26). The highest BCUT2D eigenvalue weighted by Crippen LogP contribution is 2.18. The highest BCUT2D eigenvalue weighted by Gasteiger charge is 2.16. The number of hydrogen-bond acceptors (Lipinski definition) is 7. The molecule has 10 heteroatoms. The molecule has 148 valence electrons. The van der Waals surface area contributed by atoms with Gasteiger partial charge in [-0.2, -0.15) is 0 Å². The molecule has 0 aliphatic carbocycles. The number of imide groups is 1. The zero-order valence-electron chi connectivity index (χ0n) is 15.4. The number of rotatable bonds is 7. The lowest BCUT2D eigenvalue weighted by molar-refractivity contribution is -0.384. The molecule has 0 radical (unpaired) electrons. The van der Waals surface area contributed by atoms with E-state index in [-0.39, 0.29) is 17.0 Å². The number of carbonyl (C=O) groups is 2. The van der Waals surface area contributed by atoms with Gasteiger partial charge in [0.1, 0.15) is 5.82 Å². The van der Waals surface area contributed by atoms with E-state index < -0.39 is 16.7 Å². The summed E-state index contributed by atoms with van der Waals surface area (Å²) in [6.45, 7) is 2.39. The molecule has 0 aliphatic rings. The van der Waals surface area contributed by atoms with Crippen molar-refractivity contribution in [3.63, 3.8) is 0 Å². The summed E-state index contributed by atoms with van der Waals surface area (Å²) in [5.74, 6) is -0.558. The molecule has 1 N–H and O–H groups in total. The van der Waals surface area contributed by atoms with Gasteiger partial charge >= 0.3 is 0 Å². The van der Waals surface area contributed by atoms with E-state index in [0.717, 1.165) is 23.4 Å². The number of benzene rings is 2. The lowest BCUT2D eigenvalue weighted by Gasteiger charge is -2.08. The molecule has 2 amide bonds. The van der Waals surface area contributed by atoms with Crippen molar-refractivity contribution in [3.05, 3.63) is 81.7 Å². The molecule has 0 spiro atoms. The molecule has 1 aromatic heterocycles. The van der Waals surface area contributed by atoms with Gasteiger partial charge in [-0.25, -0.2) is 0 Å². The van der Waals surface area contributed by atoms with Crippen molar-refractivity contribution in [1.29, 1.82) is 0 Å². The molecular formula is C19H17N5O4S. The van der Waals surface area contributed by atoms with E-state index in [1.54, 1.807) is 0 Å². The molecular weight excluding hydrogens is 394 g/mol. The Labute approximate surface area is 170 Å². The Kier molecular flexibility index (Phi) is 6.35. The summed E-state index contributed by atoms with van der Waals surface area (Å²) in [6, 6.07) is 15.0. The molecule has 9 nitrogen and oxygen atoms in total.